The summed E-state index contributed by atoms with van der Waals surface area (Å²) in [4.78, 5) is 11.1. The molecule has 1 saturated heterocycles. The quantitative estimate of drug-likeness (QED) is 0.220. The summed E-state index contributed by atoms with van der Waals surface area (Å²) in [5, 5.41) is 9.61. The first-order valence-corrected chi connectivity index (χ1v) is 14.2. The number of morpholine rings is 1. The fourth-order valence-corrected chi connectivity index (χ4v) is 6.12. The molecular weight excluding hydrogens is 528 g/mol. The van der Waals surface area contributed by atoms with Crippen molar-refractivity contribution in [3.05, 3.63) is 79.0 Å². The number of pyridine rings is 2. The van der Waals surface area contributed by atoms with E-state index in [1.54, 1.807) is 41.1 Å². The number of aromatic nitrogens is 5. The maximum Gasteiger partial charge on any atom is 0.301 e. The minimum absolute atomic E-state index is 0.00699. The summed E-state index contributed by atoms with van der Waals surface area (Å²) in [6.07, 6.45) is 8.05. The molecule has 0 amide bonds. The molecular formula is C28H28N8O3S. The number of fused-ring (bicyclic) bond motifs is 2. The second-order valence-electron chi connectivity index (χ2n) is 9.54. The van der Waals surface area contributed by atoms with Gasteiger partial charge >= 0.3 is 10.0 Å². The maximum absolute atomic E-state index is 13.9. The summed E-state index contributed by atoms with van der Waals surface area (Å²) in [5.41, 5.74) is 5.89. The summed E-state index contributed by atoms with van der Waals surface area (Å²) in [5.74, 6) is 0. The van der Waals surface area contributed by atoms with Gasteiger partial charge in [0.2, 0.25) is 0 Å². The molecule has 1 fully saturated rings. The van der Waals surface area contributed by atoms with Crippen molar-refractivity contribution in [2.45, 2.75) is 11.9 Å². The van der Waals surface area contributed by atoms with E-state index in [9.17, 15) is 8.42 Å². The number of rotatable bonds is 7. The highest BCUT2D eigenvalue weighted by molar-refractivity contribution is 7.90. The molecule has 0 N–H and O–H groups in total. The van der Waals surface area contributed by atoms with Gasteiger partial charge in [-0.2, -0.15) is 22.7 Å². The molecule has 40 heavy (non-hydrogen) atoms. The first kappa shape index (κ1) is 25.7. The zero-order chi connectivity index (χ0) is 27.9. The number of hydrazone groups is 1. The van der Waals surface area contributed by atoms with E-state index in [0.29, 0.717) is 16.7 Å². The van der Waals surface area contributed by atoms with Crippen molar-refractivity contribution in [3.63, 3.8) is 0 Å². The molecule has 1 aromatic carbocycles. The normalized spacial score (nSPS) is 14.7. The number of benzene rings is 1. The van der Waals surface area contributed by atoms with Crippen molar-refractivity contribution in [1.82, 2.24) is 28.6 Å². The van der Waals surface area contributed by atoms with Crippen LogP contribution in [-0.4, -0.2) is 77.0 Å². The Labute approximate surface area is 231 Å². The van der Waals surface area contributed by atoms with Crippen LogP contribution in [0, 0.1) is 0 Å². The lowest BCUT2D eigenvalue weighted by molar-refractivity contribution is 0.122. The van der Waals surface area contributed by atoms with Crippen LogP contribution >= 0.6 is 0 Å². The second-order valence-corrected chi connectivity index (χ2v) is 11.3. The third-order valence-corrected chi connectivity index (χ3v) is 8.56. The van der Waals surface area contributed by atoms with Crippen LogP contribution in [0.1, 0.15) is 12.5 Å². The Kier molecular flexibility index (Phi) is 6.56. The standard InChI is InChI=1S/C28H28N8O3S/c1-20(18-33(3)29-2)23-14-26-25(30-15-23)16-32-36(26)40(37,38)28-17-31-27-9-6-22(19-35(27)28)21-4-7-24(8-5-21)34-10-12-39-13-11-34/h4-9,14-19H,2,10-13H2,1,3H3/b20-18+. The molecule has 204 valence electrons. The topological polar surface area (TPSA) is 110 Å². The molecule has 5 aromatic rings. The number of nitrogens with zero attached hydrogens (tertiary/aromatic N) is 8. The van der Waals surface area contributed by atoms with E-state index in [1.165, 1.54) is 12.4 Å². The van der Waals surface area contributed by atoms with Crippen molar-refractivity contribution < 1.29 is 13.2 Å². The van der Waals surface area contributed by atoms with E-state index < -0.39 is 10.0 Å². The highest BCUT2D eigenvalue weighted by Crippen LogP contribution is 2.27. The van der Waals surface area contributed by atoms with Gasteiger partial charge in [0.15, 0.2) is 5.03 Å². The smallest absolute Gasteiger partial charge is 0.301 e. The van der Waals surface area contributed by atoms with Crippen molar-refractivity contribution >= 4 is 44.7 Å². The summed E-state index contributed by atoms with van der Waals surface area (Å²) in [6, 6.07) is 13.7. The van der Waals surface area contributed by atoms with E-state index in [1.807, 2.05) is 31.2 Å². The van der Waals surface area contributed by atoms with E-state index in [0.717, 1.165) is 58.3 Å². The lowest BCUT2D eigenvalue weighted by Gasteiger charge is -2.28. The lowest BCUT2D eigenvalue weighted by Crippen LogP contribution is -2.36. The Morgan fingerprint density at radius 2 is 1.80 bits per heavy atom. The molecule has 12 heteroatoms. The molecule has 0 atom stereocenters. The fourth-order valence-electron chi connectivity index (χ4n) is 4.78. The van der Waals surface area contributed by atoms with E-state index >= 15 is 0 Å². The largest absolute Gasteiger partial charge is 0.378 e. The summed E-state index contributed by atoms with van der Waals surface area (Å²) < 4.78 is 35.9. The van der Waals surface area contributed by atoms with Crippen LogP contribution in [0.3, 0.4) is 0 Å². The van der Waals surface area contributed by atoms with Crippen molar-refractivity contribution in [2.75, 3.05) is 38.3 Å². The van der Waals surface area contributed by atoms with E-state index in [2.05, 4.69) is 43.9 Å². The predicted octanol–water partition coefficient (Wildman–Crippen LogP) is 3.73. The Hall–Kier alpha value is -4.55. The Morgan fingerprint density at radius 3 is 2.55 bits per heavy atom. The minimum Gasteiger partial charge on any atom is -0.378 e. The van der Waals surface area contributed by atoms with Crippen LogP contribution in [0.15, 0.2) is 83.6 Å². The fraction of sp³-hybridized carbons (Fsp3) is 0.214. The molecule has 1 aliphatic heterocycles. The number of allylic oxidation sites excluding steroid dienone is 1. The predicted molar refractivity (Wildman–Crippen MR) is 155 cm³/mol. The van der Waals surface area contributed by atoms with Gasteiger partial charge in [0.1, 0.15) is 16.7 Å². The number of imidazole rings is 1. The van der Waals surface area contributed by atoms with E-state index in [4.69, 9.17) is 4.74 Å². The highest BCUT2D eigenvalue weighted by Gasteiger charge is 2.25. The minimum atomic E-state index is -4.11. The van der Waals surface area contributed by atoms with Gasteiger partial charge < -0.3 is 9.64 Å². The van der Waals surface area contributed by atoms with Crippen LogP contribution < -0.4 is 4.90 Å². The molecule has 5 heterocycles. The molecule has 0 aliphatic carbocycles. The molecule has 0 saturated carbocycles. The van der Waals surface area contributed by atoms with Crippen molar-refractivity contribution in [2.24, 2.45) is 5.10 Å². The molecule has 4 aromatic heterocycles. The number of hydrogen-bond acceptors (Lipinski definition) is 9. The third-order valence-electron chi connectivity index (χ3n) is 6.99. The van der Waals surface area contributed by atoms with Gasteiger partial charge in [0.05, 0.1) is 25.6 Å². The highest BCUT2D eigenvalue weighted by atomic mass is 32.2. The number of hydrogen-bond donors (Lipinski definition) is 0. The first-order chi connectivity index (χ1) is 19.3. The molecule has 11 nitrogen and oxygen atoms in total. The van der Waals surface area contributed by atoms with Crippen molar-refractivity contribution in [1.29, 1.82) is 0 Å². The zero-order valence-electron chi connectivity index (χ0n) is 22.2. The third kappa shape index (κ3) is 4.61. The van der Waals surface area contributed by atoms with Crippen LogP contribution in [0.2, 0.25) is 0 Å². The van der Waals surface area contributed by atoms with Gasteiger partial charge in [0, 0.05) is 51.1 Å². The van der Waals surface area contributed by atoms with Gasteiger partial charge in [-0.1, -0.05) is 12.1 Å². The zero-order valence-corrected chi connectivity index (χ0v) is 23.0. The lowest BCUT2D eigenvalue weighted by atomic mass is 10.1. The molecule has 1 aliphatic rings. The van der Waals surface area contributed by atoms with Gasteiger partial charge in [0.25, 0.3) is 0 Å². The average Bonchev–Trinajstić information content (AvgIpc) is 3.62. The summed E-state index contributed by atoms with van der Waals surface area (Å²) in [7, 11) is -2.35. The average molecular weight is 557 g/mol. The molecule has 0 radical (unpaired) electrons. The van der Waals surface area contributed by atoms with Crippen LogP contribution in [0.4, 0.5) is 5.69 Å². The van der Waals surface area contributed by atoms with Crippen LogP contribution in [0.5, 0.6) is 0 Å². The Balaban J connectivity index is 1.37. The second kappa shape index (κ2) is 10.2. The summed E-state index contributed by atoms with van der Waals surface area (Å²) >= 11 is 0. The van der Waals surface area contributed by atoms with Crippen molar-refractivity contribution in [3.8, 4) is 11.1 Å². The Bertz CT molecular complexity index is 1850. The van der Waals surface area contributed by atoms with Crippen LogP contribution in [-0.2, 0) is 14.8 Å². The Morgan fingerprint density at radius 1 is 1.05 bits per heavy atom. The molecule has 0 spiro atoms. The monoisotopic (exact) mass is 556 g/mol. The first-order valence-electron chi connectivity index (χ1n) is 12.7. The molecule has 0 unspecified atom stereocenters. The van der Waals surface area contributed by atoms with Gasteiger partial charge in [-0.15, -0.1) is 0 Å². The SMILES string of the molecule is C=NN(C)/C=C(\C)c1cnc2cnn(S(=O)(=O)c3cnc4ccc(-c5ccc(N6CCOCC6)cc5)cn34)c2c1. The number of anilines is 1. The van der Waals surface area contributed by atoms with E-state index in [-0.39, 0.29) is 5.03 Å². The van der Waals surface area contributed by atoms with Gasteiger partial charge in [-0.3, -0.25) is 14.4 Å². The molecule has 0 bridgehead atoms. The number of ether oxygens (including phenoxy) is 1. The molecule has 6 rings (SSSR count). The maximum atomic E-state index is 13.9. The summed E-state index contributed by atoms with van der Waals surface area (Å²) in [6.45, 7) is 8.56. The van der Waals surface area contributed by atoms with Crippen LogP contribution in [0.25, 0.3) is 33.4 Å². The van der Waals surface area contributed by atoms with Gasteiger partial charge in [-0.25, -0.2) is 4.98 Å². The van der Waals surface area contributed by atoms with Gasteiger partial charge in [-0.05, 0) is 59.5 Å².